The predicted octanol–water partition coefficient (Wildman–Crippen LogP) is 3.15. The number of carbonyl (C=O) groups is 3. The highest BCUT2D eigenvalue weighted by Gasteiger charge is 2.48. The third kappa shape index (κ3) is 7.62. The molecule has 0 spiro atoms. The van der Waals surface area contributed by atoms with Crippen LogP contribution in [-0.2, 0) is 28.5 Å². The van der Waals surface area contributed by atoms with Crippen LogP contribution in [0.15, 0.2) is 42.5 Å². The molecule has 1 aromatic rings. The molecule has 1 aliphatic heterocycles. The summed E-state index contributed by atoms with van der Waals surface area (Å²) in [7, 11) is 1.41. The molecule has 0 bridgehead atoms. The molecule has 9 heteroatoms. The molecular formula is C27H39NO8. The summed E-state index contributed by atoms with van der Waals surface area (Å²) in [5.74, 6) is -1.88. The fourth-order valence-electron chi connectivity index (χ4n) is 4.42. The highest BCUT2D eigenvalue weighted by molar-refractivity contribution is 5.92. The zero-order valence-electron chi connectivity index (χ0n) is 22.0. The van der Waals surface area contributed by atoms with E-state index >= 15 is 0 Å². The summed E-state index contributed by atoms with van der Waals surface area (Å²) in [5.41, 5.74) is 0.509. The number of ether oxygens (including phenoxy) is 4. The zero-order chi connectivity index (χ0) is 27.0. The number of hydrogen-bond acceptors (Lipinski definition) is 8. The Labute approximate surface area is 213 Å². The Balaban J connectivity index is 2.22. The molecule has 6 atom stereocenters. The number of carbonyl (C=O) groups excluding carboxylic acids is 3. The minimum Gasteiger partial charge on any atom is -0.462 e. The molecule has 2 rings (SSSR count). The quantitative estimate of drug-likeness (QED) is 0.267. The van der Waals surface area contributed by atoms with Crippen LogP contribution < -0.4 is 5.32 Å². The van der Waals surface area contributed by atoms with Crippen molar-refractivity contribution in [2.45, 2.75) is 90.6 Å². The van der Waals surface area contributed by atoms with Crippen molar-refractivity contribution in [1.29, 1.82) is 0 Å². The molecule has 200 valence electrons. The van der Waals surface area contributed by atoms with Gasteiger partial charge in [0.05, 0.1) is 11.7 Å². The predicted molar refractivity (Wildman–Crippen MR) is 133 cm³/mol. The maximum absolute atomic E-state index is 13.3. The third-order valence-electron chi connectivity index (χ3n) is 6.46. The van der Waals surface area contributed by atoms with Crippen molar-refractivity contribution in [2.24, 2.45) is 5.41 Å². The number of aliphatic hydroxyl groups is 1. The summed E-state index contributed by atoms with van der Waals surface area (Å²) in [6, 6.07) is 8.27. The van der Waals surface area contributed by atoms with E-state index in [2.05, 4.69) is 11.9 Å². The Morgan fingerprint density at radius 2 is 1.86 bits per heavy atom. The molecule has 0 aromatic heterocycles. The van der Waals surface area contributed by atoms with Gasteiger partial charge in [-0.05, 0) is 31.9 Å². The van der Waals surface area contributed by atoms with Crippen molar-refractivity contribution in [3.63, 3.8) is 0 Å². The summed E-state index contributed by atoms with van der Waals surface area (Å²) in [6.45, 7) is 12.8. The molecule has 1 aromatic carbocycles. The molecule has 0 radical (unpaired) electrons. The Kier molecular flexibility index (Phi) is 10.6. The maximum atomic E-state index is 13.3. The molecule has 1 aliphatic rings. The van der Waals surface area contributed by atoms with E-state index in [1.807, 2.05) is 20.8 Å². The van der Waals surface area contributed by atoms with Crippen molar-refractivity contribution in [1.82, 2.24) is 5.32 Å². The molecule has 1 amide bonds. The minimum atomic E-state index is -1.44. The normalized spacial score (nSPS) is 23.6. The first-order chi connectivity index (χ1) is 16.9. The van der Waals surface area contributed by atoms with Crippen LogP contribution in [0.5, 0.6) is 0 Å². The molecule has 1 unspecified atom stereocenters. The first kappa shape index (κ1) is 29.5. The molecule has 0 aliphatic carbocycles. The average Bonchev–Trinajstić information content (AvgIpc) is 2.82. The van der Waals surface area contributed by atoms with Crippen LogP contribution >= 0.6 is 0 Å². The SMILES string of the molecule is C=C(C)C[C@H](OC)[C@H](OC(=O)c1ccccc1)C(=O)NC(O)[C@@H]1C[C@@H](OC(C)=O)C(C)(C)[C@@H](CC)O1. The topological polar surface area (TPSA) is 120 Å². The van der Waals surface area contributed by atoms with E-state index in [1.54, 1.807) is 37.3 Å². The molecule has 36 heavy (non-hydrogen) atoms. The van der Waals surface area contributed by atoms with Crippen LogP contribution in [-0.4, -0.2) is 66.8 Å². The zero-order valence-corrected chi connectivity index (χ0v) is 22.0. The van der Waals surface area contributed by atoms with Crippen LogP contribution in [0, 0.1) is 5.41 Å². The Bertz CT molecular complexity index is 916. The van der Waals surface area contributed by atoms with Crippen molar-refractivity contribution in [3.8, 4) is 0 Å². The molecule has 1 saturated heterocycles. The average molecular weight is 506 g/mol. The van der Waals surface area contributed by atoms with Crippen LogP contribution in [0.4, 0.5) is 0 Å². The summed E-state index contributed by atoms with van der Waals surface area (Å²) in [5, 5.41) is 13.4. The van der Waals surface area contributed by atoms with Gasteiger partial charge in [0, 0.05) is 25.9 Å². The lowest BCUT2D eigenvalue weighted by molar-refractivity contribution is -0.216. The summed E-state index contributed by atoms with van der Waals surface area (Å²) in [6.07, 6.45) is -4.27. The Morgan fingerprint density at radius 1 is 1.22 bits per heavy atom. The lowest BCUT2D eigenvalue weighted by Gasteiger charge is -2.47. The van der Waals surface area contributed by atoms with E-state index in [0.29, 0.717) is 6.42 Å². The van der Waals surface area contributed by atoms with Gasteiger partial charge in [-0.15, -0.1) is 6.58 Å². The lowest BCUT2D eigenvalue weighted by atomic mass is 9.74. The number of esters is 2. The monoisotopic (exact) mass is 505 g/mol. The van der Waals surface area contributed by atoms with Gasteiger partial charge < -0.3 is 29.4 Å². The molecule has 1 fully saturated rings. The van der Waals surface area contributed by atoms with Crippen molar-refractivity contribution < 1.29 is 38.4 Å². The standard InChI is InChI=1S/C27H39NO8/c1-8-21-27(5,6)22(34-17(4)29)15-20(35-21)24(30)28-25(31)23(19(33-7)14-16(2)3)36-26(32)18-12-10-9-11-13-18/h9-13,19-24,30H,2,8,14-15H2,1,3-7H3,(H,28,31)/t19-,20-,21+,22+,23-,24?/m0/s1. The van der Waals surface area contributed by atoms with Gasteiger partial charge in [0.1, 0.15) is 18.3 Å². The Hall–Kier alpha value is -2.75. The third-order valence-corrected chi connectivity index (χ3v) is 6.46. The number of amides is 1. The molecule has 2 N–H and O–H groups in total. The second-order valence-corrected chi connectivity index (χ2v) is 9.81. The highest BCUT2D eigenvalue weighted by atomic mass is 16.6. The van der Waals surface area contributed by atoms with Gasteiger partial charge >= 0.3 is 11.9 Å². The molecule has 9 nitrogen and oxygen atoms in total. The van der Waals surface area contributed by atoms with E-state index in [-0.39, 0.29) is 24.5 Å². The van der Waals surface area contributed by atoms with Gasteiger partial charge in [-0.2, -0.15) is 0 Å². The van der Waals surface area contributed by atoms with Crippen molar-refractivity contribution in [3.05, 3.63) is 48.0 Å². The maximum Gasteiger partial charge on any atom is 0.339 e. The summed E-state index contributed by atoms with van der Waals surface area (Å²) < 4.78 is 22.6. The lowest BCUT2D eigenvalue weighted by Crippen LogP contribution is -2.59. The number of methoxy groups -OCH3 is 1. The number of benzene rings is 1. The molecule has 0 saturated carbocycles. The number of aliphatic hydroxyl groups excluding tert-OH is 1. The second kappa shape index (κ2) is 13.0. The fourth-order valence-corrected chi connectivity index (χ4v) is 4.42. The van der Waals surface area contributed by atoms with Gasteiger partial charge in [-0.25, -0.2) is 4.79 Å². The smallest absolute Gasteiger partial charge is 0.339 e. The van der Waals surface area contributed by atoms with Gasteiger partial charge in [0.2, 0.25) is 6.10 Å². The van der Waals surface area contributed by atoms with Crippen LogP contribution in [0.25, 0.3) is 0 Å². The van der Waals surface area contributed by atoms with Crippen molar-refractivity contribution >= 4 is 17.8 Å². The van der Waals surface area contributed by atoms with Crippen LogP contribution in [0.2, 0.25) is 0 Å². The number of nitrogens with one attached hydrogen (secondary N) is 1. The van der Waals surface area contributed by atoms with E-state index in [9.17, 15) is 19.5 Å². The Morgan fingerprint density at radius 3 is 2.39 bits per heavy atom. The first-order valence-corrected chi connectivity index (χ1v) is 12.1. The van der Waals surface area contributed by atoms with E-state index in [1.165, 1.54) is 14.0 Å². The first-order valence-electron chi connectivity index (χ1n) is 12.1. The van der Waals surface area contributed by atoms with E-state index in [4.69, 9.17) is 18.9 Å². The van der Waals surface area contributed by atoms with E-state index in [0.717, 1.165) is 5.57 Å². The second-order valence-electron chi connectivity index (χ2n) is 9.81. The highest BCUT2D eigenvalue weighted by Crippen LogP contribution is 2.40. The molecular weight excluding hydrogens is 466 g/mol. The van der Waals surface area contributed by atoms with Crippen LogP contribution in [0.1, 0.15) is 64.2 Å². The summed E-state index contributed by atoms with van der Waals surface area (Å²) in [4.78, 5) is 37.7. The largest absolute Gasteiger partial charge is 0.462 e. The van der Waals surface area contributed by atoms with Gasteiger partial charge in [-0.3, -0.25) is 9.59 Å². The van der Waals surface area contributed by atoms with E-state index < -0.39 is 53.9 Å². The minimum absolute atomic E-state index is 0.179. The fraction of sp³-hybridized carbons (Fsp3) is 0.593. The summed E-state index contributed by atoms with van der Waals surface area (Å²) >= 11 is 0. The number of hydrogen-bond donors (Lipinski definition) is 2. The van der Waals surface area contributed by atoms with Crippen LogP contribution in [0.3, 0.4) is 0 Å². The van der Waals surface area contributed by atoms with Gasteiger partial charge in [0.25, 0.3) is 5.91 Å². The number of rotatable bonds is 11. The van der Waals surface area contributed by atoms with Gasteiger partial charge in [-0.1, -0.05) is 44.5 Å². The van der Waals surface area contributed by atoms with Crippen molar-refractivity contribution in [2.75, 3.05) is 7.11 Å². The molecule has 1 heterocycles. The van der Waals surface area contributed by atoms with Gasteiger partial charge in [0.15, 0.2) is 6.23 Å².